The van der Waals surface area contributed by atoms with Gasteiger partial charge in [0.2, 0.25) is 0 Å². The quantitative estimate of drug-likeness (QED) is 0.231. The summed E-state index contributed by atoms with van der Waals surface area (Å²) in [5.41, 5.74) is 2.15. The average Bonchev–Trinajstić information content (AvgIpc) is 3.58. The number of rotatable bonds is 10. The Bertz CT molecular complexity index is 927. The van der Waals surface area contributed by atoms with Crippen LogP contribution in [0.2, 0.25) is 0 Å². The van der Waals surface area contributed by atoms with Crippen LogP contribution in [0.25, 0.3) is 0 Å². The monoisotopic (exact) mass is 541 g/mol. The number of carbonyl (C=O) groups is 3. The molecule has 2 saturated carbocycles. The maximum atomic E-state index is 12.7. The van der Waals surface area contributed by atoms with E-state index in [1.165, 1.54) is 5.92 Å². The van der Waals surface area contributed by atoms with Crippen molar-refractivity contribution in [2.24, 2.45) is 0 Å². The van der Waals surface area contributed by atoms with Crippen molar-refractivity contribution < 1.29 is 36.2 Å². The molecular formula is C31H35FeNO4+2. The Labute approximate surface area is 234 Å². The van der Waals surface area contributed by atoms with Crippen LogP contribution in [0.15, 0.2) is 35.4 Å². The van der Waals surface area contributed by atoms with Crippen molar-refractivity contribution in [2.45, 2.75) is 39.0 Å². The third kappa shape index (κ3) is 9.49. The molecule has 0 aliphatic heterocycles. The Morgan fingerprint density at radius 2 is 1.41 bits per heavy atom. The number of unbranched alkanes of at least 4 members (excludes halogenated alkanes) is 2. The summed E-state index contributed by atoms with van der Waals surface area (Å²) in [5, 5.41) is 0. The van der Waals surface area contributed by atoms with Crippen LogP contribution in [-0.4, -0.2) is 49.7 Å². The topological polar surface area (TPSA) is 63.7 Å². The van der Waals surface area contributed by atoms with Crippen LogP contribution >= 0.6 is 0 Å². The summed E-state index contributed by atoms with van der Waals surface area (Å²) >= 11 is 0. The number of Topliss-reactive ketones (excluding diaryl/α,β-unsaturated/α-hetero) is 2. The first kappa shape index (κ1) is 31.5. The van der Waals surface area contributed by atoms with Crippen LogP contribution in [0.1, 0.15) is 59.7 Å². The Hall–Kier alpha value is -1.75. The third-order valence-corrected chi connectivity index (χ3v) is 6.23. The molecule has 3 aliphatic rings. The number of allylic oxidation sites excluding steroid dienone is 2. The van der Waals surface area contributed by atoms with Crippen molar-refractivity contribution in [3.8, 4) is 0 Å². The summed E-state index contributed by atoms with van der Waals surface area (Å²) < 4.78 is 5.43. The molecule has 1 aromatic carbocycles. The van der Waals surface area contributed by atoms with Crippen LogP contribution < -0.4 is 0 Å². The second kappa shape index (κ2) is 16.3. The summed E-state index contributed by atoms with van der Waals surface area (Å²) in [7, 11) is 4.02. The summed E-state index contributed by atoms with van der Waals surface area (Å²) in [6.45, 7) is 2.86. The Morgan fingerprint density at radius 3 is 2.03 bits per heavy atom. The fraction of sp³-hybridized carbons (Fsp3) is 0.323. The molecule has 0 saturated heterocycles. The fourth-order valence-electron chi connectivity index (χ4n) is 4.28. The smallest absolute Gasteiger partial charge is 0.465 e. The van der Waals surface area contributed by atoms with Crippen molar-refractivity contribution in [3.63, 3.8) is 0 Å². The first-order chi connectivity index (χ1) is 17.4. The second-order valence-corrected chi connectivity index (χ2v) is 9.31. The molecule has 0 amide bonds. The van der Waals surface area contributed by atoms with Crippen LogP contribution in [0.4, 0.5) is 0 Å². The summed E-state index contributed by atoms with van der Waals surface area (Å²) in [4.78, 5) is 39.4. The largest absolute Gasteiger partial charge is 2.00 e. The molecule has 0 unspecified atom stereocenters. The number of fused-ring (bicyclic) bond motifs is 1. The molecule has 0 bridgehead atoms. The number of esters is 1. The zero-order chi connectivity index (χ0) is 25.9. The van der Waals surface area contributed by atoms with E-state index in [0.29, 0.717) is 48.1 Å². The number of hydrogen-bond acceptors (Lipinski definition) is 5. The van der Waals surface area contributed by atoms with E-state index in [2.05, 4.69) is 11.3 Å². The first-order valence-corrected chi connectivity index (χ1v) is 12.5. The van der Waals surface area contributed by atoms with Gasteiger partial charge in [-0.15, -0.1) is 0 Å². The van der Waals surface area contributed by atoms with Crippen molar-refractivity contribution in [1.29, 1.82) is 0 Å². The van der Waals surface area contributed by atoms with Gasteiger partial charge in [0.1, 0.15) is 0 Å². The van der Waals surface area contributed by atoms with Gasteiger partial charge in [0.25, 0.3) is 0 Å². The van der Waals surface area contributed by atoms with Gasteiger partial charge in [0, 0.05) is 47.1 Å². The van der Waals surface area contributed by atoms with E-state index < -0.39 is 0 Å². The number of benzene rings is 1. The SMILES string of the molecule is CC1=C(CCCCCC(=O)OC[C]2[CH][CH][CH][C]2CN(C)C)C(=O)c2ccccc2C1=O.[CH]1[CH][CH][CH][CH]1.[Fe+2]. The normalized spacial score (nSPS) is 17.9. The number of ketones is 2. The van der Waals surface area contributed by atoms with Gasteiger partial charge in [-0.2, -0.15) is 0 Å². The Balaban J connectivity index is 0.000000716. The van der Waals surface area contributed by atoms with Crippen LogP contribution in [0.3, 0.4) is 0 Å². The predicted molar refractivity (Wildman–Crippen MR) is 141 cm³/mol. The number of ether oxygens (including phenoxy) is 1. The van der Waals surface area contributed by atoms with E-state index in [4.69, 9.17) is 4.74 Å². The van der Waals surface area contributed by atoms with Crippen LogP contribution in [0, 0.1) is 63.2 Å². The van der Waals surface area contributed by atoms with Gasteiger partial charge in [-0.25, -0.2) is 0 Å². The minimum Gasteiger partial charge on any atom is -0.465 e. The average molecular weight is 541 g/mol. The predicted octanol–water partition coefficient (Wildman–Crippen LogP) is 5.23. The molecule has 4 rings (SSSR count). The summed E-state index contributed by atoms with van der Waals surface area (Å²) in [5.74, 6) is 1.91. The van der Waals surface area contributed by atoms with Gasteiger partial charge in [-0.05, 0) is 91.6 Å². The molecule has 6 heteroatoms. The van der Waals surface area contributed by atoms with Crippen LogP contribution in [-0.2, 0) is 26.6 Å². The number of carbonyl (C=O) groups excluding carboxylic acids is 3. The van der Waals surface area contributed by atoms with Crippen molar-refractivity contribution in [3.05, 3.63) is 110 Å². The first-order valence-electron chi connectivity index (χ1n) is 12.5. The molecule has 5 nitrogen and oxygen atoms in total. The van der Waals surface area contributed by atoms with E-state index in [9.17, 15) is 14.4 Å². The maximum absolute atomic E-state index is 12.7. The Morgan fingerprint density at radius 1 is 0.811 bits per heavy atom. The van der Waals surface area contributed by atoms with Gasteiger partial charge in [0.15, 0.2) is 11.6 Å². The zero-order valence-electron chi connectivity index (χ0n) is 21.8. The van der Waals surface area contributed by atoms with Crippen molar-refractivity contribution >= 4 is 17.5 Å². The van der Waals surface area contributed by atoms with Crippen molar-refractivity contribution in [2.75, 3.05) is 27.2 Å². The third-order valence-electron chi connectivity index (χ3n) is 6.23. The molecule has 0 aromatic heterocycles. The standard InChI is InChI=1S/C26H30NO4.C5H5.Fe/c1-18-21(26(30)23-14-8-7-13-22(23)25(18)29)12-5-4-6-15-24(28)31-17-20-11-9-10-19(20)16-27(2)3;1-2-4-5-3-1;/h7-11,13-14H,4-6,12,15-17H2,1-3H3;1-5H;/q;;+2. The van der Waals surface area contributed by atoms with Gasteiger partial charge >= 0.3 is 23.0 Å². The molecule has 10 radical (unpaired) electrons. The summed E-state index contributed by atoms with van der Waals surface area (Å²) in [6, 6.07) is 6.99. The van der Waals surface area contributed by atoms with E-state index in [-0.39, 0.29) is 34.6 Å². The van der Waals surface area contributed by atoms with Gasteiger partial charge in [-0.1, -0.05) is 30.7 Å². The van der Waals surface area contributed by atoms with Crippen LogP contribution in [0.5, 0.6) is 0 Å². The van der Waals surface area contributed by atoms with E-state index >= 15 is 0 Å². The number of hydrogen-bond donors (Lipinski definition) is 0. The molecule has 2 fully saturated rings. The molecule has 0 N–H and O–H groups in total. The fourth-order valence-corrected chi connectivity index (χ4v) is 4.28. The molecule has 0 atom stereocenters. The van der Waals surface area contributed by atoms with E-state index in [1.54, 1.807) is 31.2 Å². The summed E-state index contributed by atoms with van der Waals surface area (Å²) in [6.07, 6.45) is 19.2. The van der Waals surface area contributed by atoms with Crippen molar-refractivity contribution in [1.82, 2.24) is 4.90 Å². The molecular weight excluding hydrogens is 506 g/mol. The number of nitrogens with zero attached hydrogens (tertiary/aromatic N) is 1. The van der Waals surface area contributed by atoms with Gasteiger partial charge in [-0.3, -0.25) is 14.4 Å². The molecule has 1 aromatic rings. The Kier molecular flexibility index (Phi) is 13.8. The minimum atomic E-state index is -0.203. The minimum absolute atomic E-state index is 0. The molecule has 0 heterocycles. The maximum Gasteiger partial charge on any atom is 2.00 e. The van der Waals surface area contributed by atoms with Gasteiger partial charge in [0.05, 0.1) is 6.61 Å². The molecule has 37 heavy (non-hydrogen) atoms. The second-order valence-electron chi connectivity index (χ2n) is 9.31. The molecule has 3 aliphatic carbocycles. The zero-order valence-corrected chi connectivity index (χ0v) is 22.9. The van der Waals surface area contributed by atoms with E-state index in [0.717, 1.165) is 25.3 Å². The molecule has 194 valence electrons. The molecule has 0 spiro atoms. The van der Waals surface area contributed by atoms with E-state index in [1.807, 2.05) is 59.0 Å². The van der Waals surface area contributed by atoms with Gasteiger partial charge < -0.3 is 9.64 Å².